The van der Waals surface area contributed by atoms with Crippen molar-refractivity contribution in [2.45, 2.75) is 37.5 Å². The van der Waals surface area contributed by atoms with Gasteiger partial charge in [0.2, 0.25) is 10.3 Å². The lowest BCUT2D eigenvalue weighted by molar-refractivity contribution is 0.390. The number of nitrogens with two attached hydrogens (primary N) is 2. The van der Waals surface area contributed by atoms with Crippen LogP contribution in [0, 0.1) is 0 Å². The van der Waals surface area contributed by atoms with E-state index >= 15 is 0 Å². The van der Waals surface area contributed by atoms with Crippen LogP contribution in [0.2, 0.25) is 0 Å². The molecule has 0 bridgehead atoms. The zero-order valence-electron chi connectivity index (χ0n) is 9.74. The summed E-state index contributed by atoms with van der Waals surface area (Å²) in [4.78, 5) is 0. The van der Waals surface area contributed by atoms with Gasteiger partial charge >= 0.3 is 0 Å². The predicted molar refractivity (Wildman–Crippen MR) is 72.6 cm³/mol. The largest absolute Gasteiger partial charge is 0.374 e. The van der Waals surface area contributed by atoms with Crippen molar-refractivity contribution in [3.05, 3.63) is 10.0 Å². The number of rotatable bonds is 2. The molecule has 2 unspecified atom stereocenters. The first kappa shape index (κ1) is 11.8. The van der Waals surface area contributed by atoms with E-state index in [1.165, 1.54) is 29.1 Å². The van der Waals surface area contributed by atoms with E-state index in [0.717, 1.165) is 29.3 Å². The first-order chi connectivity index (χ1) is 8.72. The molecule has 96 valence electrons. The minimum absolute atomic E-state index is 0.448. The van der Waals surface area contributed by atoms with Gasteiger partial charge in [0.15, 0.2) is 0 Å². The summed E-state index contributed by atoms with van der Waals surface area (Å²) in [6.45, 7) is 0. The Balaban J connectivity index is 1.76. The normalized spacial score (nSPS) is 24.2. The summed E-state index contributed by atoms with van der Waals surface area (Å²) in [6, 6.07) is 0. The molecule has 4 N–H and O–H groups in total. The Morgan fingerprint density at radius 1 is 0.833 bits per heavy atom. The van der Waals surface area contributed by atoms with Crippen LogP contribution >= 0.6 is 22.7 Å². The first-order valence-corrected chi connectivity index (χ1v) is 7.53. The van der Waals surface area contributed by atoms with Crippen molar-refractivity contribution in [3.63, 3.8) is 0 Å². The number of aromatic nitrogens is 4. The number of hydrogen-bond donors (Lipinski definition) is 2. The summed E-state index contributed by atoms with van der Waals surface area (Å²) in [5.74, 6) is 0.896. The molecule has 0 spiro atoms. The molecule has 1 aliphatic carbocycles. The fourth-order valence-corrected chi connectivity index (χ4v) is 3.98. The van der Waals surface area contributed by atoms with Crippen LogP contribution in [-0.2, 0) is 0 Å². The number of nitrogens with zero attached hydrogens (tertiary/aromatic N) is 4. The van der Waals surface area contributed by atoms with Gasteiger partial charge in [-0.1, -0.05) is 29.1 Å². The third-order valence-corrected chi connectivity index (χ3v) is 5.12. The lowest BCUT2D eigenvalue weighted by Gasteiger charge is -2.25. The maximum atomic E-state index is 5.64. The molecule has 2 atom stereocenters. The molecule has 0 radical (unpaired) electrons. The van der Waals surface area contributed by atoms with Gasteiger partial charge in [-0.15, -0.1) is 20.4 Å². The predicted octanol–water partition coefficient (Wildman–Crippen LogP) is 2.00. The van der Waals surface area contributed by atoms with Crippen LogP contribution in [0.1, 0.15) is 47.5 Å². The Labute approximate surface area is 112 Å². The summed E-state index contributed by atoms with van der Waals surface area (Å²) in [5.41, 5.74) is 11.3. The van der Waals surface area contributed by atoms with Gasteiger partial charge in [-0.25, -0.2) is 0 Å². The standard InChI is InChI=1S/C10H14N6S2/c11-9-15-13-7(17-9)5-2-1-3-6(4-5)8-14-16-10(12)18-8/h5-6H,1-4H2,(H2,11,15)(H2,12,16). The van der Waals surface area contributed by atoms with Gasteiger partial charge < -0.3 is 11.5 Å². The first-order valence-electron chi connectivity index (χ1n) is 5.90. The van der Waals surface area contributed by atoms with Gasteiger partial charge in [0.25, 0.3) is 0 Å². The second kappa shape index (κ2) is 4.77. The molecule has 0 aliphatic heterocycles. The molecule has 1 aliphatic rings. The van der Waals surface area contributed by atoms with Crippen LogP contribution in [0.15, 0.2) is 0 Å². The van der Waals surface area contributed by atoms with Gasteiger partial charge in [0, 0.05) is 11.8 Å². The fourth-order valence-electron chi connectivity index (χ4n) is 2.46. The van der Waals surface area contributed by atoms with Gasteiger partial charge in [-0.05, 0) is 19.3 Å². The summed E-state index contributed by atoms with van der Waals surface area (Å²) in [6.07, 6.45) is 4.52. The van der Waals surface area contributed by atoms with Crippen molar-refractivity contribution in [2.75, 3.05) is 11.5 Å². The lowest BCUT2D eigenvalue weighted by atomic mass is 9.82. The maximum absolute atomic E-state index is 5.64. The summed E-state index contributed by atoms with van der Waals surface area (Å²) < 4.78 is 0. The summed E-state index contributed by atoms with van der Waals surface area (Å²) >= 11 is 2.99. The molecular weight excluding hydrogens is 268 g/mol. The van der Waals surface area contributed by atoms with Crippen molar-refractivity contribution in [1.29, 1.82) is 0 Å². The Morgan fingerprint density at radius 3 is 1.72 bits per heavy atom. The average molecular weight is 282 g/mol. The Hall–Kier alpha value is -1.28. The minimum atomic E-state index is 0.448. The summed E-state index contributed by atoms with van der Waals surface area (Å²) in [7, 11) is 0. The Morgan fingerprint density at radius 2 is 1.33 bits per heavy atom. The van der Waals surface area contributed by atoms with E-state index in [9.17, 15) is 0 Å². The quantitative estimate of drug-likeness (QED) is 0.873. The molecule has 0 saturated heterocycles. The molecule has 1 fully saturated rings. The van der Waals surface area contributed by atoms with Crippen LogP contribution in [-0.4, -0.2) is 20.4 Å². The molecule has 0 amide bonds. The van der Waals surface area contributed by atoms with E-state index in [2.05, 4.69) is 20.4 Å². The highest BCUT2D eigenvalue weighted by Crippen LogP contribution is 2.42. The fraction of sp³-hybridized carbons (Fsp3) is 0.600. The lowest BCUT2D eigenvalue weighted by Crippen LogP contribution is -2.12. The molecule has 2 heterocycles. The van der Waals surface area contributed by atoms with Gasteiger partial charge in [-0.2, -0.15) is 0 Å². The van der Waals surface area contributed by atoms with Crippen LogP contribution in [0.5, 0.6) is 0 Å². The molecule has 2 aromatic heterocycles. The molecular formula is C10H14N6S2. The van der Waals surface area contributed by atoms with E-state index < -0.39 is 0 Å². The van der Waals surface area contributed by atoms with Crippen molar-refractivity contribution < 1.29 is 0 Å². The van der Waals surface area contributed by atoms with Gasteiger partial charge in [0.1, 0.15) is 10.0 Å². The van der Waals surface area contributed by atoms with Crippen molar-refractivity contribution >= 4 is 32.9 Å². The third-order valence-electron chi connectivity index (χ3n) is 3.29. The third kappa shape index (κ3) is 2.30. The number of anilines is 2. The smallest absolute Gasteiger partial charge is 0.203 e. The van der Waals surface area contributed by atoms with E-state index in [1.807, 2.05) is 0 Å². The number of hydrogen-bond acceptors (Lipinski definition) is 8. The molecule has 0 aromatic carbocycles. The van der Waals surface area contributed by atoms with Crippen LogP contribution in [0.25, 0.3) is 0 Å². The van der Waals surface area contributed by atoms with Crippen molar-refractivity contribution in [2.24, 2.45) is 0 Å². The minimum Gasteiger partial charge on any atom is -0.374 e. The van der Waals surface area contributed by atoms with Crippen LogP contribution < -0.4 is 11.5 Å². The van der Waals surface area contributed by atoms with Crippen molar-refractivity contribution in [3.8, 4) is 0 Å². The van der Waals surface area contributed by atoms with E-state index in [1.54, 1.807) is 0 Å². The number of nitrogen functional groups attached to an aromatic ring is 2. The highest BCUT2D eigenvalue weighted by atomic mass is 32.1. The maximum Gasteiger partial charge on any atom is 0.203 e. The highest BCUT2D eigenvalue weighted by Gasteiger charge is 2.28. The zero-order valence-corrected chi connectivity index (χ0v) is 11.4. The van der Waals surface area contributed by atoms with Gasteiger partial charge in [0.05, 0.1) is 0 Å². The second-order valence-electron chi connectivity index (χ2n) is 4.52. The Kier molecular flexibility index (Phi) is 3.13. The molecule has 18 heavy (non-hydrogen) atoms. The molecule has 8 heteroatoms. The Bertz CT molecular complexity index is 490. The molecule has 1 saturated carbocycles. The van der Waals surface area contributed by atoms with E-state index in [-0.39, 0.29) is 0 Å². The van der Waals surface area contributed by atoms with Crippen LogP contribution in [0.3, 0.4) is 0 Å². The topological polar surface area (TPSA) is 104 Å². The molecule has 6 nitrogen and oxygen atoms in total. The van der Waals surface area contributed by atoms with Gasteiger partial charge in [-0.3, -0.25) is 0 Å². The summed E-state index contributed by atoms with van der Waals surface area (Å²) in [5, 5.41) is 19.3. The molecule has 2 aromatic rings. The average Bonchev–Trinajstić information content (AvgIpc) is 2.98. The zero-order chi connectivity index (χ0) is 12.5. The second-order valence-corrected chi connectivity index (χ2v) is 6.60. The van der Waals surface area contributed by atoms with Crippen LogP contribution in [0.4, 0.5) is 10.3 Å². The highest BCUT2D eigenvalue weighted by molar-refractivity contribution is 7.15. The SMILES string of the molecule is Nc1nnc(C2CCCC(c3nnc(N)s3)C2)s1. The molecule has 3 rings (SSSR count). The van der Waals surface area contributed by atoms with E-state index in [4.69, 9.17) is 11.5 Å². The van der Waals surface area contributed by atoms with E-state index in [0.29, 0.717) is 22.1 Å². The van der Waals surface area contributed by atoms with Crippen molar-refractivity contribution in [1.82, 2.24) is 20.4 Å². The monoisotopic (exact) mass is 282 g/mol.